The third-order valence-corrected chi connectivity index (χ3v) is 4.25. The van der Waals surface area contributed by atoms with Gasteiger partial charge in [0, 0.05) is 23.8 Å². The zero-order chi connectivity index (χ0) is 7.90. The van der Waals surface area contributed by atoms with Crippen molar-refractivity contribution in [1.29, 1.82) is 0 Å². The van der Waals surface area contributed by atoms with Gasteiger partial charge in [-0.05, 0) is 12.2 Å². The lowest BCUT2D eigenvalue weighted by molar-refractivity contribution is 0.0447. The summed E-state index contributed by atoms with van der Waals surface area (Å²) in [6, 6.07) is 0. The van der Waals surface area contributed by atoms with Crippen molar-refractivity contribution in [3.63, 3.8) is 0 Å². The minimum atomic E-state index is -2.12. The fraction of sp³-hybridized carbons (Fsp3) is 1.00. The zero-order valence-corrected chi connectivity index (χ0v) is 6.96. The molecule has 2 saturated heterocycles. The SMILES string of the molecule is FC(F)C1CCSC12CNC2. The van der Waals surface area contributed by atoms with E-state index in [0.717, 1.165) is 18.8 Å². The molecule has 0 bridgehead atoms. The molecule has 11 heavy (non-hydrogen) atoms. The van der Waals surface area contributed by atoms with E-state index in [1.165, 1.54) is 0 Å². The van der Waals surface area contributed by atoms with Crippen molar-refractivity contribution in [1.82, 2.24) is 5.32 Å². The summed E-state index contributed by atoms with van der Waals surface area (Å²) in [4.78, 5) is 0. The molecular weight excluding hydrogens is 168 g/mol. The first-order valence-corrected chi connectivity index (χ1v) is 4.86. The molecule has 1 N–H and O–H groups in total. The largest absolute Gasteiger partial charge is 0.314 e. The van der Waals surface area contributed by atoms with Crippen LogP contribution in [0.5, 0.6) is 0 Å². The Morgan fingerprint density at radius 1 is 1.45 bits per heavy atom. The summed E-state index contributed by atoms with van der Waals surface area (Å²) in [5.41, 5.74) is 0. The van der Waals surface area contributed by atoms with Crippen LogP contribution in [0.15, 0.2) is 0 Å². The fourth-order valence-corrected chi connectivity index (χ4v) is 3.47. The van der Waals surface area contributed by atoms with Gasteiger partial charge in [-0.2, -0.15) is 11.8 Å². The van der Waals surface area contributed by atoms with E-state index in [1.807, 2.05) is 0 Å². The molecule has 0 aromatic rings. The third kappa shape index (κ3) is 1.07. The number of hydrogen-bond donors (Lipinski definition) is 1. The smallest absolute Gasteiger partial charge is 0.242 e. The highest BCUT2D eigenvalue weighted by molar-refractivity contribution is 8.01. The number of halogens is 2. The van der Waals surface area contributed by atoms with Crippen LogP contribution in [-0.4, -0.2) is 30.0 Å². The molecule has 2 aliphatic rings. The topological polar surface area (TPSA) is 12.0 Å². The number of thioether (sulfide) groups is 1. The Morgan fingerprint density at radius 3 is 2.55 bits per heavy atom. The second kappa shape index (κ2) is 2.59. The molecule has 2 aliphatic heterocycles. The van der Waals surface area contributed by atoms with Crippen LogP contribution in [0.25, 0.3) is 0 Å². The number of rotatable bonds is 1. The molecule has 0 amide bonds. The Hall–Kier alpha value is 0.170. The highest BCUT2D eigenvalue weighted by atomic mass is 32.2. The third-order valence-electron chi connectivity index (χ3n) is 2.65. The summed E-state index contributed by atoms with van der Waals surface area (Å²) in [6.45, 7) is 1.57. The standard InChI is InChI=1S/C7H11F2NS/c8-6(9)5-1-2-11-7(5)3-10-4-7/h5-6,10H,1-4H2. The fourth-order valence-electron chi connectivity index (χ4n) is 1.85. The number of alkyl halides is 2. The highest BCUT2D eigenvalue weighted by Gasteiger charge is 2.51. The monoisotopic (exact) mass is 179 g/mol. The minimum Gasteiger partial charge on any atom is -0.314 e. The van der Waals surface area contributed by atoms with E-state index >= 15 is 0 Å². The van der Waals surface area contributed by atoms with Gasteiger partial charge >= 0.3 is 0 Å². The molecule has 2 heterocycles. The van der Waals surface area contributed by atoms with Crippen LogP contribution in [-0.2, 0) is 0 Å². The molecular formula is C7H11F2NS. The maximum Gasteiger partial charge on any atom is 0.242 e. The van der Waals surface area contributed by atoms with Gasteiger partial charge in [0.2, 0.25) is 6.43 Å². The molecule has 64 valence electrons. The van der Waals surface area contributed by atoms with Gasteiger partial charge in [-0.1, -0.05) is 0 Å². The van der Waals surface area contributed by atoms with Gasteiger partial charge in [0.05, 0.1) is 0 Å². The lowest BCUT2D eigenvalue weighted by Gasteiger charge is -2.42. The molecule has 4 heteroatoms. The predicted octanol–water partition coefficient (Wildman–Crippen LogP) is 1.35. The molecule has 2 fully saturated rings. The molecule has 0 saturated carbocycles. The van der Waals surface area contributed by atoms with Crippen molar-refractivity contribution in [2.24, 2.45) is 5.92 Å². The van der Waals surface area contributed by atoms with Crippen LogP contribution in [0.2, 0.25) is 0 Å². The average molecular weight is 179 g/mol. The molecule has 1 atom stereocenters. The van der Waals surface area contributed by atoms with Crippen molar-refractivity contribution in [2.75, 3.05) is 18.8 Å². The highest BCUT2D eigenvalue weighted by Crippen LogP contribution is 2.47. The molecule has 0 aromatic carbocycles. The normalized spacial score (nSPS) is 34.6. The van der Waals surface area contributed by atoms with Gasteiger partial charge in [-0.3, -0.25) is 0 Å². The summed E-state index contributed by atoms with van der Waals surface area (Å²) >= 11 is 1.73. The minimum absolute atomic E-state index is 0.0891. The Bertz CT molecular complexity index is 159. The van der Waals surface area contributed by atoms with Crippen LogP contribution in [0, 0.1) is 5.92 Å². The second-order valence-corrected chi connectivity index (χ2v) is 4.76. The molecule has 0 aliphatic carbocycles. The van der Waals surface area contributed by atoms with Crippen LogP contribution < -0.4 is 5.32 Å². The van der Waals surface area contributed by atoms with E-state index < -0.39 is 6.43 Å². The molecule has 1 nitrogen and oxygen atoms in total. The first kappa shape index (κ1) is 7.80. The molecule has 2 rings (SSSR count). The van der Waals surface area contributed by atoms with Crippen molar-refractivity contribution in [3.05, 3.63) is 0 Å². The number of hydrogen-bond acceptors (Lipinski definition) is 2. The Labute approximate surface area is 68.9 Å². The number of nitrogens with one attached hydrogen (secondary N) is 1. The Kier molecular flexibility index (Phi) is 1.84. The quantitative estimate of drug-likeness (QED) is 0.652. The van der Waals surface area contributed by atoms with Gasteiger partial charge in [0.15, 0.2) is 0 Å². The van der Waals surface area contributed by atoms with E-state index in [2.05, 4.69) is 5.32 Å². The first-order valence-electron chi connectivity index (χ1n) is 3.87. The van der Waals surface area contributed by atoms with Crippen LogP contribution in [0.1, 0.15) is 6.42 Å². The molecule has 0 aromatic heterocycles. The van der Waals surface area contributed by atoms with Gasteiger partial charge in [0.1, 0.15) is 0 Å². The van der Waals surface area contributed by atoms with E-state index in [1.54, 1.807) is 11.8 Å². The summed E-state index contributed by atoms with van der Waals surface area (Å²) in [5, 5.41) is 3.07. The lowest BCUT2D eigenvalue weighted by atomic mass is 9.85. The van der Waals surface area contributed by atoms with E-state index in [9.17, 15) is 8.78 Å². The van der Waals surface area contributed by atoms with Gasteiger partial charge in [0.25, 0.3) is 0 Å². The summed E-state index contributed by atoms with van der Waals surface area (Å²) in [7, 11) is 0. The maximum atomic E-state index is 12.4. The van der Waals surface area contributed by atoms with Crippen molar-refractivity contribution in [3.8, 4) is 0 Å². The van der Waals surface area contributed by atoms with E-state index in [0.29, 0.717) is 6.42 Å². The lowest BCUT2D eigenvalue weighted by Crippen LogP contribution is -2.60. The summed E-state index contributed by atoms with van der Waals surface area (Å²) in [5.74, 6) is 0.560. The van der Waals surface area contributed by atoms with Crippen molar-refractivity contribution < 1.29 is 8.78 Å². The first-order chi connectivity index (χ1) is 5.25. The maximum absolute atomic E-state index is 12.4. The van der Waals surface area contributed by atoms with Crippen molar-refractivity contribution in [2.45, 2.75) is 17.6 Å². The van der Waals surface area contributed by atoms with Gasteiger partial charge in [-0.25, -0.2) is 8.78 Å². The van der Waals surface area contributed by atoms with Crippen molar-refractivity contribution >= 4 is 11.8 Å². The molecule has 1 unspecified atom stereocenters. The molecule has 0 radical (unpaired) electrons. The average Bonchev–Trinajstić information content (AvgIpc) is 2.27. The Morgan fingerprint density at radius 2 is 2.18 bits per heavy atom. The van der Waals surface area contributed by atoms with Crippen LogP contribution >= 0.6 is 11.8 Å². The van der Waals surface area contributed by atoms with E-state index in [4.69, 9.17) is 0 Å². The zero-order valence-electron chi connectivity index (χ0n) is 6.15. The predicted molar refractivity (Wildman–Crippen MR) is 42.2 cm³/mol. The summed E-state index contributed by atoms with van der Waals surface area (Å²) < 4.78 is 24.7. The molecule has 1 spiro atoms. The van der Waals surface area contributed by atoms with Crippen LogP contribution in [0.4, 0.5) is 8.78 Å². The van der Waals surface area contributed by atoms with Gasteiger partial charge < -0.3 is 5.32 Å². The van der Waals surface area contributed by atoms with Crippen LogP contribution in [0.3, 0.4) is 0 Å². The van der Waals surface area contributed by atoms with Gasteiger partial charge in [-0.15, -0.1) is 0 Å². The summed E-state index contributed by atoms with van der Waals surface area (Å²) in [6.07, 6.45) is -1.42. The Balaban J connectivity index is 2.07. The second-order valence-electron chi connectivity index (χ2n) is 3.25. The van der Waals surface area contributed by atoms with E-state index in [-0.39, 0.29) is 10.7 Å².